The number of likely N-dealkylation sites (tertiary alicyclic amines) is 1. The fraction of sp³-hybridized carbons (Fsp3) is 0.545. The molecule has 1 atom stereocenters. The lowest BCUT2D eigenvalue weighted by Gasteiger charge is -2.38. The van der Waals surface area contributed by atoms with E-state index >= 15 is 0 Å². The predicted octanol–water partition coefficient (Wildman–Crippen LogP) is 0.976. The molecule has 2 aliphatic rings. The molecule has 1 amide bonds. The number of hydrogen-bond donors (Lipinski definition) is 1. The molecule has 1 aromatic heterocycles. The van der Waals surface area contributed by atoms with Gasteiger partial charge in [-0.25, -0.2) is 14.8 Å². The number of hydrogen-bond acceptors (Lipinski definition) is 4. The van der Waals surface area contributed by atoms with Crippen molar-refractivity contribution in [3.63, 3.8) is 0 Å². The van der Waals surface area contributed by atoms with E-state index in [4.69, 9.17) is 9.84 Å². The molecule has 1 aromatic rings. The molecule has 1 unspecified atom stereocenters. The Labute approximate surface area is 98.2 Å². The van der Waals surface area contributed by atoms with Gasteiger partial charge in [0.05, 0.1) is 18.8 Å². The highest BCUT2D eigenvalue weighted by atomic mass is 16.5. The molecule has 1 fully saturated rings. The standard InChI is InChI=1S/C11H13N3O3/c15-10(16)14-3-1-2-11(6-14)9-8(5-17-11)4-12-7-13-9/h4,7H,1-3,5-6H2,(H,15,16). The first-order chi connectivity index (χ1) is 8.21. The molecule has 0 bridgehead atoms. The van der Waals surface area contributed by atoms with Crippen molar-refractivity contribution in [1.29, 1.82) is 0 Å². The van der Waals surface area contributed by atoms with E-state index in [9.17, 15) is 4.79 Å². The van der Waals surface area contributed by atoms with Crippen LogP contribution in [0.4, 0.5) is 4.79 Å². The fourth-order valence-electron chi connectivity index (χ4n) is 2.65. The molecule has 6 nitrogen and oxygen atoms in total. The van der Waals surface area contributed by atoms with E-state index in [-0.39, 0.29) is 0 Å². The van der Waals surface area contributed by atoms with E-state index in [1.807, 2.05) is 0 Å². The van der Waals surface area contributed by atoms with Crippen LogP contribution in [0.15, 0.2) is 12.5 Å². The Balaban J connectivity index is 1.95. The molecule has 17 heavy (non-hydrogen) atoms. The topological polar surface area (TPSA) is 75.5 Å². The first-order valence-corrected chi connectivity index (χ1v) is 5.62. The van der Waals surface area contributed by atoms with Crippen LogP contribution in [-0.4, -0.2) is 39.2 Å². The van der Waals surface area contributed by atoms with Crippen molar-refractivity contribution < 1.29 is 14.6 Å². The van der Waals surface area contributed by atoms with Crippen LogP contribution < -0.4 is 0 Å². The summed E-state index contributed by atoms with van der Waals surface area (Å²) in [5.74, 6) is 0. The second-order valence-corrected chi connectivity index (χ2v) is 4.49. The SMILES string of the molecule is O=C(O)N1CCCC2(C1)OCc1cncnc12. The zero-order valence-corrected chi connectivity index (χ0v) is 9.30. The zero-order valence-electron chi connectivity index (χ0n) is 9.30. The Morgan fingerprint density at radius 1 is 1.59 bits per heavy atom. The number of amides is 1. The van der Waals surface area contributed by atoms with E-state index in [0.717, 1.165) is 24.1 Å². The van der Waals surface area contributed by atoms with Crippen LogP contribution in [0.3, 0.4) is 0 Å². The maximum absolute atomic E-state index is 11.0. The number of ether oxygens (including phenoxy) is 1. The molecule has 0 radical (unpaired) electrons. The van der Waals surface area contributed by atoms with E-state index in [1.165, 1.54) is 11.2 Å². The van der Waals surface area contributed by atoms with Gasteiger partial charge in [-0.2, -0.15) is 0 Å². The van der Waals surface area contributed by atoms with Crippen LogP contribution in [0.1, 0.15) is 24.1 Å². The second kappa shape index (κ2) is 3.66. The highest BCUT2D eigenvalue weighted by molar-refractivity contribution is 5.65. The van der Waals surface area contributed by atoms with Crippen molar-refractivity contribution in [2.45, 2.75) is 25.0 Å². The van der Waals surface area contributed by atoms with Crippen molar-refractivity contribution in [3.8, 4) is 0 Å². The minimum atomic E-state index is -0.893. The van der Waals surface area contributed by atoms with Crippen molar-refractivity contribution in [3.05, 3.63) is 23.8 Å². The van der Waals surface area contributed by atoms with Gasteiger partial charge in [-0.1, -0.05) is 0 Å². The minimum Gasteiger partial charge on any atom is -0.465 e. The summed E-state index contributed by atoms with van der Waals surface area (Å²) in [4.78, 5) is 20.7. The van der Waals surface area contributed by atoms with Gasteiger partial charge in [-0.15, -0.1) is 0 Å². The Morgan fingerprint density at radius 2 is 2.47 bits per heavy atom. The predicted molar refractivity (Wildman–Crippen MR) is 57.3 cm³/mol. The van der Waals surface area contributed by atoms with E-state index in [2.05, 4.69) is 9.97 Å². The van der Waals surface area contributed by atoms with Crippen LogP contribution in [0, 0.1) is 0 Å². The maximum Gasteiger partial charge on any atom is 0.407 e. The number of fused-ring (bicyclic) bond motifs is 2. The molecular weight excluding hydrogens is 222 g/mol. The van der Waals surface area contributed by atoms with Crippen molar-refractivity contribution in [2.75, 3.05) is 13.1 Å². The minimum absolute atomic E-state index is 0.367. The molecule has 1 spiro atoms. The molecule has 1 saturated heterocycles. The van der Waals surface area contributed by atoms with E-state index < -0.39 is 11.7 Å². The summed E-state index contributed by atoms with van der Waals surface area (Å²) in [7, 11) is 0. The van der Waals surface area contributed by atoms with Crippen LogP contribution in [0.2, 0.25) is 0 Å². The third-order valence-electron chi connectivity index (χ3n) is 3.45. The van der Waals surface area contributed by atoms with Crippen molar-refractivity contribution in [2.24, 2.45) is 0 Å². The van der Waals surface area contributed by atoms with E-state index in [0.29, 0.717) is 19.7 Å². The smallest absolute Gasteiger partial charge is 0.407 e. The first kappa shape index (κ1) is 10.5. The lowest BCUT2D eigenvalue weighted by molar-refractivity contribution is -0.0819. The quantitative estimate of drug-likeness (QED) is 0.725. The summed E-state index contributed by atoms with van der Waals surface area (Å²) in [5.41, 5.74) is 1.28. The second-order valence-electron chi connectivity index (χ2n) is 4.49. The van der Waals surface area contributed by atoms with Gasteiger partial charge in [0.1, 0.15) is 11.9 Å². The largest absolute Gasteiger partial charge is 0.465 e. The monoisotopic (exact) mass is 235 g/mol. The highest BCUT2D eigenvalue weighted by Crippen LogP contribution is 2.41. The fourth-order valence-corrected chi connectivity index (χ4v) is 2.65. The normalized spacial score (nSPS) is 27.2. The summed E-state index contributed by atoms with van der Waals surface area (Å²) in [6.07, 6.45) is 3.97. The van der Waals surface area contributed by atoms with Gasteiger partial charge in [0.2, 0.25) is 0 Å². The van der Waals surface area contributed by atoms with Gasteiger partial charge in [-0.3, -0.25) is 0 Å². The Hall–Kier alpha value is -1.69. The summed E-state index contributed by atoms with van der Waals surface area (Å²) in [5, 5.41) is 9.07. The van der Waals surface area contributed by atoms with Crippen LogP contribution in [0.25, 0.3) is 0 Å². The average molecular weight is 235 g/mol. The molecule has 0 aliphatic carbocycles. The Morgan fingerprint density at radius 3 is 3.29 bits per heavy atom. The lowest BCUT2D eigenvalue weighted by atomic mass is 9.89. The summed E-state index contributed by atoms with van der Waals surface area (Å²) >= 11 is 0. The molecule has 3 heterocycles. The van der Waals surface area contributed by atoms with Gasteiger partial charge < -0.3 is 14.7 Å². The zero-order chi connectivity index (χ0) is 11.9. The highest BCUT2D eigenvalue weighted by Gasteiger charge is 2.45. The summed E-state index contributed by atoms with van der Waals surface area (Å²) in [6.45, 7) is 1.41. The lowest BCUT2D eigenvalue weighted by Crippen LogP contribution is -2.48. The Bertz CT molecular complexity index is 461. The molecule has 0 aromatic carbocycles. The summed E-state index contributed by atoms with van der Waals surface area (Å²) in [6, 6.07) is 0. The van der Waals surface area contributed by atoms with Crippen molar-refractivity contribution >= 4 is 6.09 Å². The summed E-state index contributed by atoms with van der Waals surface area (Å²) < 4.78 is 5.82. The number of carboxylic acid groups (broad SMARTS) is 1. The number of carbonyl (C=O) groups is 1. The maximum atomic E-state index is 11.0. The van der Waals surface area contributed by atoms with Gasteiger partial charge >= 0.3 is 6.09 Å². The number of aromatic nitrogens is 2. The molecule has 0 saturated carbocycles. The molecule has 90 valence electrons. The first-order valence-electron chi connectivity index (χ1n) is 5.62. The van der Waals surface area contributed by atoms with Crippen LogP contribution in [0.5, 0.6) is 0 Å². The third kappa shape index (κ3) is 1.56. The number of rotatable bonds is 0. The van der Waals surface area contributed by atoms with E-state index in [1.54, 1.807) is 6.20 Å². The average Bonchev–Trinajstić information content (AvgIpc) is 2.69. The number of nitrogens with zero attached hydrogens (tertiary/aromatic N) is 3. The molecular formula is C11H13N3O3. The van der Waals surface area contributed by atoms with Gasteiger partial charge in [0.25, 0.3) is 0 Å². The van der Waals surface area contributed by atoms with Crippen LogP contribution >= 0.6 is 0 Å². The van der Waals surface area contributed by atoms with Gasteiger partial charge in [0.15, 0.2) is 0 Å². The number of piperidine rings is 1. The third-order valence-corrected chi connectivity index (χ3v) is 3.45. The molecule has 3 rings (SSSR count). The van der Waals surface area contributed by atoms with Crippen LogP contribution in [-0.2, 0) is 16.9 Å². The van der Waals surface area contributed by atoms with Gasteiger partial charge in [-0.05, 0) is 12.8 Å². The molecule has 2 aliphatic heterocycles. The molecule has 1 N–H and O–H groups in total. The molecule has 6 heteroatoms. The Kier molecular flexibility index (Phi) is 2.25. The van der Waals surface area contributed by atoms with Crippen molar-refractivity contribution in [1.82, 2.24) is 14.9 Å². The van der Waals surface area contributed by atoms with Gasteiger partial charge in [0, 0.05) is 18.3 Å².